The number of hydrogen-bond acceptors (Lipinski definition) is 4. The zero-order valence-corrected chi connectivity index (χ0v) is 15.7. The summed E-state index contributed by atoms with van der Waals surface area (Å²) in [6.07, 6.45) is 13.0. The molecule has 1 fully saturated rings. The van der Waals surface area contributed by atoms with E-state index >= 15 is 0 Å². The third kappa shape index (κ3) is 3.20. The van der Waals surface area contributed by atoms with E-state index in [2.05, 4.69) is 36.2 Å². The Labute approximate surface area is 154 Å². The highest BCUT2D eigenvalue weighted by atomic mass is 32.1. The number of rotatable bonds is 4. The van der Waals surface area contributed by atoms with Gasteiger partial charge in [-0.1, -0.05) is 19.7 Å². The zero-order valence-electron chi connectivity index (χ0n) is 14.8. The van der Waals surface area contributed by atoms with Crippen LogP contribution in [0, 0.1) is 0 Å². The van der Waals surface area contributed by atoms with E-state index < -0.39 is 0 Å². The maximum Gasteiger partial charge on any atom is 0.150 e. The van der Waals surface area contributed by atoms with Crippen LogP contribution in [0.2, 0.25) is 0 Å². The second kappa shape index (κ2) is 6.84. The van der Waals surface area contributed by atoms with Gasteiger partial charge in [0.05, 0.1) is 6.20 Å². The van der Waals surface area contributed by atoms with E-state index in [1.807, 2.05) is 40.5 Å². The first kappa shape index (κ1) is 16.7. The summed E-state index contributed by atoms with van der Waals surface area (Å²) < 4.78 is 3.64. The average molecular weight is 356 g/mol. The number of pyridine rings is 1. The van der Waals surface area contributed by atoms with Gasteiger partial charge in [-0.2, -0.15) is 5.10 Å². The van der Waals surface area contributed by atoms with Crippen molar-refractivity contribution in [3.8, 4) is 11.1 Å². The summed E-state index contributed by atoms with van der Waals surface area (Å²) >= 11 is 4.54. The van der Waals surface area contributed by atoms with Crippen molar-refractivity contribution in [2.45, 2.75) is 44.6 Å². The van der Waals surface area contributed by atoms with Gasteiger partial charge in [0.2, 0.25) is 0 Å². The fourth-order valence-electron chi connectivity index (χ4n) is 4.04. The third-order valence-electron chi connectivity index (χ3n) is 5.35. The van der Waals surface area contributed by atoms with Gasteiger partial charge in [0.1, 0.15) is 5.65 Å². The van der Waals surface area contributed by atoms with Crippen molar-refractivity contribution < 1.29 is 0 Å². The molecule has 1 N–H and O–H groups in total. The lowest BCUT2D eigenvalue weighted by Gasteiger charge is -2.29. The van der Waals surface area contributed by atoms with Crippen LogP contribution in [0.15, 0.2) is 30.9 Å². The molecule has 0 radical (unpaired) electrons. The second-order valence-corrected chi connectivity index (χ2v) is 7.47. The van der Waals surface area contributed by atoms with Gasteiger partial charge in [-0.25, -0.2) is 4.98 Å². The van der Waals surface area contributed by atoms with Crippen LogP contribution in [0.4, 0.5) is 0 Å². The van der Waals surface area contributed by atoms with Crippen LogP contribution in [-0.4, -0.2) is 31.3 Å². The Balaban J connectivity index is 1.66. The predicted octanol–water partition coefficient (Wildman–Crippen LogP) is 3.77. The first-order valence-corrected chi connectivity index (χ1v) is 9.48. The molecule has 0 amide bonds. The Morgan fingerprint density at radius 1 is 1.20 bits per heavy atom. The van der Waals surface area contributed by atoms with Gasteiger partial charge in [-0.15, -0.1) is 0 Å². The molecule has 0 saturated heterocycles. The number of hydrogen-bond donors (Lipinski definition) is 2. The number of aryl methyl sites for hydroxylation is 1. The van der Waals surface area contributed by atoms with Gasteiger partial charge in [-0.3, -0.25) is 8.65 Å². The van der Waals surface area contributed by atoms with E-state index in [0.29, 0.717) is 12.0 Å². The Hall–Kier alpha value is -1.79. The third-order valence-corrected chi connectivity index (χ3v) is 5.66. The number of aromatic nitrogens is 4. The topological polar surface area (TPSA) is 47.7 Å². The van der Waals surface area contributed by atoms with Crippen LogP contribution in [0.25, 0.3) is 22.2 Å². The van der Waals surface area contributed by atoms with Crippen LogP contribution in [0.5, 0.6) is 0 Å². The zero-order chi connectivity index (χ0) is 17.4. The van der Waals surface area contributed by atoms with Gasteiger partial charge >= 0.3 is 0 Å². The molecule has 132 valence electrons. The molecule has 3 aromatic heterocycles. The number of thiol groups is 1. The largest absolute Gasteiger partial charge is 0.314 e. The molecule has 6 heteroatoms. The van der Waals surface area contributed by atoms with Crippen LogP contribution >= 0.6 is 12.8 Å². The lowest BCUT2D eigenvalue weighted by molar-refractivity contribution is 0.347. The summed E-state index contributed by atoms with van der Waals surface area (Å²) in [5, 5.41) is 9.05. The van der Waals surface area contributed by atoms with E-state index in [4.69, 9.17) is 4.98 Å². The first-order valence-electron chi connectivity index (χ1n) is 9.08. The van der Waals surface area contributed by atoms with Gasteiger partial charge in [0, 0.05) is 48.2 Å². The predicted molar refractivity (Wildman–Crippen MR) is 105 cm³/mol. The molecule has 5 nitrogen and oxygen atoms in total. The monoisotopic (exact) mass is 355 g/mol. The van der Waals surface area contributed by atoms with Gasteiger partial charge in [-0.05, 0) is 49.8 Å². The molecule has 3 heterocycles. The summed E-state index contributed by atoms with van der Waals surface area (Å²) in [4.78, 5) is 4.71. The lowest BCUT2D eigenvalue weighted by atomic mass is 9.82. The summed E-state index contributed by atoms with van der Waals surface area (Å²) in [5.74, 6) is 0.608. The summed E-state index contributed by atoms with van der Waals surface area (Å²) in [7, 11) is 1.94. The van der Waals surface area contributed by atoms with E-state index in [9.17, 15) is 0 Å². The minimum Gasteiger partial charge on any atom is -0.314 e. The molecular formula is C19H25N5S. The highest BCUT2D eigenvalue weighted by Gasteiger charge is 2.23. The molecular weight excluding hydrogens is 330 g/mol. The minimum absolute atomic E-state index is 0.608. The molecule has 0 unspecified atom stereocenters. The number of fused-ring (bicyclic) bond motifs is 1. The summed E-state index contributed by atoms with van der Waals surface area (Å²) in [5.41, 5.74) is 4.52. The molecule has 0 bridgehead atoms. The standard InChI is InChI=1S/C19H25N5S/c1-3-20-16-6-4-13(5-7-16)14-8-17-18(15-10-22-23(2)11-15)12-24(25)19(17)21-9-14/h8-13,16,20,25H,3-7H2,1-2H3. The molecule has 1 aliphatic carbocycles. The van der Waals surface area contributed by atoms with Crippen molar-refractivity contribution >= 4 is 23.8 Å². The Morgan fingerprint density at radius 3 is 2.68 bits per heavy atom. The molecule has 0 spiro atoms. The highest BCUT2D eigenvalue weighted by Crippen LogP contribution is 2.36. The SMILES string of the molecule is CCNC1CCC(c2cnc3c(c2)c(-c2cnn(C)c2)cn3S)CC1. The maximum absolute atomic E-state index is 4.71. The Kier molecular flexibility index (Phi) is 4.56. The molecule has 1 aliphatic rings. The van der Waals surface area contributed by atoms with E-state index in [1.165, 1.54) is 31.2 Å². The number of nitrogens with one attached hydrogen (secondary N) is 1. The highest BCUT2D eigenvalue weighted by molar-refractivity contribution is 7.78. The van der Waals surface area contributed by atoms with Crippen molar-refractivity contribution in [3.63, 3.8) is 0 Å². The quantitative estimate of drug-likeness (QED) is 0.701. The molecule has 4 rings (SSSR count). The lowest BCUT2D eigenvalue weighted by Crippen LogP contribution is -2.32. The van der Waals surface area contributed by atoms with Crippen molar-refractivity contribution in [1.29, 1.82) is 0 Å². The molecule has 0 aromatic carbocycles. The summed E-state index contributed by atoms with van der Waals surface area (Å²) in [6.45, 7) is 3.25. The average Bonchev–Trinajstić information content (AvgIpc) is 3.19. The van der Waals surface area contributed by atoms with Crippen molar-refractivity contribution in [1.82, 2.24) is 24.1 Å². The fourth-order valence-corrected chi connectivity index (χ4v) is 4.32. The van der Waals surface area contributed by atoms with Crippen molar-refractivity contribution in [2.75, 3.05) is 6.54 Å². The van der Waals surface area contributed by atoms with Crippen LogP contribution in [0.1, 0.15) is 44.1 Å². The first-order chi connectivity index (χ1) is 12.2. The summed E-state index contributed by atoms with van der Waals surface area (Å²) in [6, 6.07) is 3.00. The van der Waals surface area contributed by atoms with Crippen molar-refractivity contribution in [2.24, 2.45) is 7.05 Å². The molecule has 1 saturated carbocycles. The molecule has 3 aromatic rings. The molecule has 25 heavy (non-hydrogen) atoms. The normalized spacial score (nSPS) is 21.1. The maximum atomic E-state index is 4.71. The van der Waals surface area contributed by atoms with Gasteiger partial charge in [0.25, 0.3) is 0 Å². The second-order valence-electron chi connectivity index (χ2n) is 7.04. The van der Waals surface area contributed by atoms with Crippen molar-refractivity contribution in [3.05, 3.63) is 36.4 Å². The van der Waals surface area contributed by atoms with E-state index in [-0.39, 0.29) is 0 Å². The molecule has 0 aliphatic heterocycles. The van der Waals surface area contributed by atoms with E-state index in [0.717, 1.165) is 28.7 Å². The fraction of sp³-hybridized carbons (Fsp3) is 0.474. The molecule has 0 atom stereocenters. The van der Waals surface area contributed by atoms with Crippen LogP contribution in [-0.2, 0) is 7.05 Å². The van der Waals surface area contributed by atoms with Gasteiger partial charge in [0.15, 0.2) is 0 Å². The van der Waals surface area contributed by atoms with Gasteiger partial charge < -0.3 is 5.32 Å². The Morgan fingerprint density at radius 2 is 2.00 bits per heavy atom. The van der Waals surface area contributed by atoms with Crippen LogP contribution < -0.4 is 5.32 Å². The van der Waals surface area contributed by atoms with E-state index in [1.54, 1.807) is 0 Å². The Bertz CT molecular complexity index is 873. The number of nitrogens with zero attached hydrogens (tertiary/aromatic N) is 4. The van der Waals surface area contributed by atoms with Crippen LogP contribution in [0.3, 0.4) is 0 Å². The minimum atomic E-state index is 0.608. The smallest absolute Gasteiger partial charge is 0.150 e.